The van der Waals surface area contributed by atoms with Crippen molar-refractivity contribution in [2.75, 3.05) is 46.9 Å². The van der Waals surface area contributed by atoms with E-state index < -0.39 is 0 Å². The largest absolute Gasteiger partial charge is 0.466 e. The topological polar surface area (TPSA) is 53.0 Å². The third-order valence-corrected chi connectivity index (χ3v) is 11.9. The van der Waals surface area contributed by atoms with E-state index in [-0.39, 0.29) is 12.1 Å². The van der Waals surface area contributed by atoms with Gasteiger partial charge in [-0.2, -0.15) is 0 Å². The summed E-state index contributed by atoms with van der Waals surface area (Å²) in [7, 11) is 4.09. The minimum atomic E-state index is -0.247. The monoisotopic (exact) mass is 765 g/mol. The van der Waals surface area contributed by atoms with Crippen LogP contribution in [0.1, 0.15) is 246 Å². The van der Waals surface area contributed by atoms with Gasteiger partial charge in [-0.3, -0.25) is 4.79 Å². The van der Waals surface area contributed by atoms with Crippen LogP contribution in [0, 0.1) is 11.8 Å². The molecule has 0 saturated heterocycles. The van der Waals surface area contributed by atoms with Crippen LogP contribution in [0.2, 0.25) is 0 Å². The van der Waals surface area contributed by atoms with Gasteiger partial charge in [0.15, 0.2) is 0 Å². The van der Waals surface area contributed by atoms with Gasteiger partial charge in [0.1, 0.15) is 0 Å². The van der Waals surface area contributed by atoms with Crippen LogP contribution >= 0.6 is 0 Å². The molecule has 0 spiro atoms. The molecule has 5 nitrogen and oxygen atoms in total. The zero-order valence-electron chi connectivity index (χ0n) is 38.0. The second-order valence-electron chi connectivity index (χ2n) is 17.8. The molecule has 0 aliphatic carbocycles. The number of aliphatic hydroxyl groups excluding tert-OH is 1. The SMILES string of the molecule is CCCCCC(CCCCC)CCCCCCCCCCN(CCCCCCCC(=O)OCCCC(CCCCC)CCCCC)CCC(O)CN(C)C. The Kier molecular flexibility index (Phi) is 41.5. The Balaban J connectivity index is 4.19. The first-order chi connectivity index (χ1) is 26.4. The smallest absolute Gasteiger partial charge is 0.305 e. The van der Waals surface area contributed by atoms with Gasteiger partial charge >= 0.3 is 5.97 Å². The molecular formula is C49H100N2O3. The molecular weight excluding hydrogens is 665 g/mol. The molecule has 0 saturated carbocycles. The second-order valence-corrected chi connectivity index (χ2v) is 17.8. The predicted octanol–water partition coefficient (Wildman–Crippen LogP) is 14.3. The fourth-order valence-electron chi connectivity index (χ4n) is 8.37. The highest BCUT2D eigenvalue weighted by molar-refractivity contribution is 5.69. The van der Waals surface area contributed by atoms with E-state index in [9.17, 15) is 9.90 Å². The number of carbonyl (C=O) groups is 1. The number of rotatable bonds is 44. The Morgan fingerprint density at radius 2 is 0.833 bits per heavy atom. The van der Waals surface area contributed by atoms with Gasteiger partial charge in [0.25, 0.3) is 0 Å². The molecule has 0 aromatic rings. The highest BCUT2D eigenvalue weighted by Crippen LogP contribution is 2.25. The maximum atomic E-state index is 12.4. The zero-order valence-corrected chi connectivity index (χ0v) is 38.0. The molecule has 0 aliphatic heterocycles. The van der Waals surface area contributed by atoms with Crippen LogP contribution in [0.3, 0.4) is 0 Å². The van der Waals surface area contributed by atoms with Crippen molar-refractivity contribution >= 4 is 5.97 Å². The van der Waals surface area contributed by atoms with Crippen LogP contribution in [-0.4, -0.2) is 73.9 Å². The first-order valence-electron chi connectivity index (χ1n) is 24.6. The maximum Gasteiger partial charge on any atom is 0.305 e. The molecule has 0 aromatic carbocycles. The maximum absolute atomic E-state index is 12.4. The second kappa shape index (κ2) is 42.0. The summed E-state index contributed by atoms with van der Waals surface area (Å²) in [4.78, 5) is 17.1. The van der Waals surface area contributed by atoms with E-state index in [1.165, 1.54) is 186 Å². The molecule has 0 amide bonds. The summed E-state index contributed by atoms with van der Waals surface area (Å²) in [5.74, 6) is 1.81. The van der Waals surface area contributed by atoms with Gasteiger partial charge in [-0.25, -0.2) is 0 Å². The summed E-state index contributed by atoms with van der Waals surface area (Å²) in [5, 5.41) is 10.5. The lowest BCUT2D eigenvalue weighted by atomic mass is 9.90. The Morgan fingerprint density at radius 1 is 0.463 bits per heavy atom. The number of nitrogens with zero attached hydrogens (tertiary/aromatic N) is 2. The third kappa shape index (κ3) is 38.2. The van der Waals surface area contributed by atoms with Gasteiger partial charge in [0.2, 0.25) is 0 Å². The number of hydrogen-bond donors (Lipinski definition) is 1. The highest BCUT2D eigenvalue weighted by Gasteiger charge is 2.12. The summed E-state index contributed by atoms with van der Waals surface area (Å²) in [5.41, 5.74) is 0. The van der Waals surface area contributed by atoms with E-state index in [0.29, 0.717) is 13.0 Å². The lowest BCUT2D eigenvalue weighted by molar-refractivity contribution is -0.144. The number of esters is 1. The molecule has 0 aliphatic rings. The van der Waals surface area contributed by atoms with Crippen molar-refractivity contribution in [1.82, 2.24) is 9.80 Å². The standard InChI is InChI=1S/C49H100N2O3/c1-7-11-24-33-46(34-25-12-8-2)37-28-20-17-15-16-18-22-30-41-51(43-40-48(52)45-50(5)6)42-31-23-19-21-29-39-49(53)54-44-32-38-47(35-26-13-9-3)36-27-14-10-4/h46-48,52H,7-45H2,1-6H3. The van der Waals surface area contributed by atoms with E-state index in [4.69, 9.17) is 4.74 Å². The van der Waals surface area contributed by atoms with Crippen molar-refractivity contribution in [3.63, 3.8) is 0 Å². The van der Waals surface area contributed by atoms with Crippen LogP contribution < -0.4 is 0 Å². The van der Waals surface area contributed by atoms with Crippen LogP contribution in [0.5, 0.6) is 0 Å². The van der Waals surface area contributed by atoms with Gasteiger partial charge in [-0.1, -0.05) is 201 Å². The van der Waals surface area contributed by atoms with E-state index in [2.05, 4.69) is 37.5 Å². The summed E-state index contributed by atoms with van der Waals surface area (Å²) in [6.45, 7) is 13.9. The average Bonchev–Trinajstić information content (AvgIpc) is 3.15. The molecule has 324 valence electrons. The number of ether oxygens (including phenoxy) is 1. The Bertz CT molecular complexity index is 726. The van der Waals surface area contributed by atoms with Crippen LogP contribution in [0.15, 0.2) is 0 Å². The number of unbranched alkanes of at least 4 members (excludes halogenated alkanes) is 19. The van der Waals surface area contributed by atoms with Crippen molar-refractivity contribution in [1.29, 1.82) is 0 Å². The molecule has 0 radical (unpaired) electrons. The van der Waals surface area contributed by atoms with Crippen molar-refractivity contribution < 1.29 is 14.6 Å². The molecule has 0 heterocycles. The molecule has 1 N–H and O–H groups in total. The number of aliphatic hydroxyl groups is 1. The minimum absolute atomic E-state index is 0.00504. The number of hydrogen-bond acceptors (Lipinski definition) is 5. The molecule has 54 heavy (non-hydrogen) atoms. The fourth-order valence-corrected chi connectivity index (χ4v) is 8.37. The van der Waals surface area contributed by atoms with Gasteiger partial charge in [-0.15, -0.1) is 0 Å². The normalized spacial score (nSPS) is 12.6. The molecule has 0 aromatic heterocycles. The number of carbonyl (C=O) groups excluding carboxylic acids is 1. The Morgan fingerprint density at radius 3 is 1.26 bits per heavy atom. The quantitative estimate of drug-likeness (QED) is 0.0495. The van der Waals surface area contributed by atoms with E-state index in [1.54, 1.807) is 0 Å². The summed E-state index contributed by atoms with van der Waals surface area (Å²) >= 11 is 0. The highest BCUT2D eigenvalue weighted by atomic mass is 16.5. The van der Waals surface area contributed by atoms with Crippen molar-refractivity contribution in [2.24, 2.45) is 11.8 Å². The van der Waals surface area contributed by atoms with E-state index >= 15 is 0 Å². The van der Waals surface area contributed by atoms with E-state index in [1.807, 2.05) is 14.1 Å². The summed E-state index contributed by atoms with van der Waals surface area (Å²) < 4.78 is 5.62. The minimum Gasteiger partial charge on any atom is -0.466 e. The zero-order chi connectivity index (χ0) is 39.7. The fraction of sp³-hybridized carbons (Fsp3) is 0.980. The first-order valence-corrected chi connectivity index (χ1v) is 24.6. The Labute approximate surface area is 340 Å². The molecule has 0 rings (SSSR count). The molecule has 0 bridgehead atoms. The van der Waals surface area contributed by atoms with Gasteiger partial charge in [0.05, 0.1) is 12.7 Å². The first kappa shape index (κ1) is 53.4. The van der Waals surface area contributed by atoms with Crippen LogP contribution in [-0.2, 0) is 9.53 Å². The third-order valence-electron chi connectivity index (χ3n) is 11.9. The predicted molar refractivity (Wildman–Crippen MR) is 239 cm³/mol. The van der Waals surface area contributed by atoms with Crippen molar-refractivity contribution in [2.45, 2.75) is 252 Å². The summed E-state index contributed by atoms with van der Waals surface area (Å²) in [6.07, 6.45) is 43.7. The van der Waals surface area contributed by atoms with Gasteiger partial charge in [0, 0.05) is 19.5 Å². The van der Waals surface area contributed by atoms with Crippen molar-refractivity contribution in [3.05, 3.63) is 0 Å². The lowest BCUT2D eigenvalue weighted by Gasteiger charge is -2.24. The van der Waals surface area contributed by atoms with Crippen LogP contribution in [0.4, 0.5) is 0 Å². The van der Waals surface area contributed by atoms with Gasteiger partial charge in [-0.05, 0) is 77.5 Å². The lowest BCUT2D eigenvalue weighted by Crippen LogP contribution is -2.33. The van der Waals surface area contributed by atoms with Gasteiger partial charge < -0.3 is 19.6 Å². The average molecular weight is 765 g/mol. The molecule has 5 heteroatoms. The Hall–Kier alpha value is -0.650. The van der Waals surface area contributed by atoms with E-state index in [0.717, 1.165) is 63.7 Å². The molecule has 1 atom stereocenters. The molecule has 1 unspecified atom stereocenters. The number of likely N-dealkylation sites (N-methyl/N-ethyl adjacent to an activating group) is 1. The summed E-state index contributed by atoms with van der Waals surface area (Å²) in [6, 6.07) is 0. The van der Waals surface area contributed by atoms with Crippen molar-refractivity contribution in [3.8, 4) is 0 Å². The molecule has 0 fully saturated rings. The van der Waals surface area contributed by atoms with Crippen LogP contribution in [0.25, 0.3) is 0 Å².